The van der Waals surface area contributed by atoms with E-state index < -0.39 is 0 Å². The molecule has 2 heteroatoms. The van der Waals surface area contributed by atoms with Crippen LogP contribution in [0, 0.1) is 70.0 Å². The van der Waals surface area contributed by atoms with Gasteiger partial charge in [-0.1, -0.05) is 168 Å². The Balaban J connectivity index is 1.03. The number of fused-ring (bicyclic) bond motifs is 5. The van der Waals surface area contributed by atoms with E-state index in [9.17, 15) is 4.79 Å². The second-order valence-corrected chi connectivity index (χ2v) is 19.8. The first-order valence-electron chi connectivity index (χ1n) is 24.0. The van der Waals surface area contributed by atoms with Gasteiger partial charge in [-0.25, -0.2) is 0 Å². The normalized spacial score (nSPS) is 29.2. The number of rotatable bonds is 24. The zero-order valence-corrected chi connectivity index (χ0v) is 36.6. The third-order valence-electron chi connectivity index (χ3n) is 15.4. The monoisotopic (exact) mass is 743 g/mol. The van der Waals surface area contributed by atoms with Crippen LogP contribution in [0.4, 0.5) is 0 Å². The third kappa shape index (κ3) is 13.8. The van der Waals surface area contributed by atoms with E-state index >= 15 is 0 Å². The molecule has 0 radical (unpaired) electrons. The molecule has 4 aliphatic carbocycles. The number of hydrogen-bond donors (Lipinski definition) is 0. The lowest BCUT2D eigenvalue weighted by Gasteiger charge is -2.58. The molecule has 0 heterocycles. The molecule has 0 bridgehead atoms. The van der Waals surface area contributed by atoms with Crippen LogP contribution in [0.1, 0.15) is 234 Å². The molecule has 2 nitrogen and oxygen atoms in total. The number of esters is 1. The summed E-state index contributed by atoms with van der Waals surface area (Å²) in [5.74, 6) is 17.9. The van der Waals surface area contributed by atoms with Gasteiger partial charge in [0.15, 0.2) is 0 Å². The van der Waals surface area contributed by atoms with Gasteiger partial charge in [0.25, 0.3) is 0 Å². The first kappa shape index (κ1) is 45.0. The van der Waals surface area contributed by atoms with Crippen molar-refractivity contribution in [2.45, 2.75) is 240 Å². The summed E-state index contributed by atoms with van der Waals surface area (Å²) in [6.07, 6.45) is 40.4. The fourth-order valence-electron chi connectivity index (χ4n) is 12.1. The maximum absolute atomic E-state index is 12.9. The Kier molecular flexibility index (Phi) is 20.2. The van der Waals surface area contributed by atoms with Crippen LogP contribution in [0.3, 0.4) is 0 Å². The van der Waals surface area contributed by atoms with Crippen molar-refractivity contribution < 1.29 is 9.53 Å². The van der Waals surface area contributed by atoms with Crippen LogP contribution in [0.2, 0.25) is 0 Å². The van der Waals surface area contributed by atoms with Gasteiger partial charge in [-0.05, 0) is 122 Å². The number of ether oxygens (including phenoxy) is 1. The third-order valence-corrected chi connectivity index (χ3v) is 15.4. The Labute approximate surface area is 336 Å². The van der Waals surface area contributed by atoms with Crippen molar-refractivity contribution >= 4 is 5.97 Å². The first-order chi connectivity index (χ1) is 26.2. The number of carbonyl (C=O) groups excluding carboxylic acids is 1. The average Bonchev–Trinajstić information content (AvgIpc) is 3.51. The molecule has 3 saturated carbocycles. The van der Waals surface area contributed by atoms with Crippen molar-refractivity contribution in [2.75, 3.05) is 0 Å². The second-order valence-electron chi connectivity index (χ2n) is 19.8. The van der Waals surface area contributed by atoms with E-state index in [1.54, 1.807) is 5.57 Å². The lowest BCUT2D eigenvalue weighted by molar-refractivity contribution is -0.151. The predicted molar refractivity (Wildman–Crippen MR) is 232 cm³/mol. The van der Waals surface area contributed by atoms with Crippen molar-refractivity contribution in [3.8, 4) is 23.7 Å². The minimum Gasteiger partial charge on any atom is -0.462 e. The van der Waals surface area contributed by atoms with Gasteiger partial charge in [-0.15, -0.1) is 0 Å². The van der Waals surface area contributed by atoms with Gasteiger partial charge in [-0.3, -0.25) is 4.79 Å². The molecule has 4 rings (SSSR count). The minimum absolute atomic E-state index is 0.0374. The molecule has 0 aliphatic heterocycles. The van der Waals surface area contributed by atoms with E-state index in [1.165, 1.54) is 141 Å². The highest BCUT2D eigenvalue weighted by molar-refractivity contribution is 5.69. The van der Waals surface area contributed by atoms with Crippen LogP contribution >= 0.6 is 0 Å². The first-order valence-corrected chi connectivity index (χ1v) is 24.0. The van der Waals surface area contributed by atoms with Gasteiger partial charge in [-0.2, -0.15) is 0 Å². The summed E-state index contributed by atoms with van der Waals surface area (Å²) in [7, 11) is 0. The van der Waals surface area contributed by atoms with Crippen LogP contribution in [0.25, 0.3) is 0 Å². The molecule has 0 spiro atoms. The molecule has 0 saturated heterocycles. The smallest absolute Gasteiger partial charge is 0.306 e. The highest BCUT2D eigenvalue weighted by Gasteiger charge is 2.59. The standard InChI is InChI=1S/C52H86O2/c1-7-8-9-10-11-12-13-14-15-16-17-18-19-20-21-22-23-24-25-26-27-28-32-50(53)54-45-37-39-51(5)44(41-45)33-34-46-48-36-35-47(43(4)31-29-30-42(2)3)52(48,6)40-38-49(46)51/h33,42-43,45-49H,7-17,22-32,34-41H2,1-6H3/t43-,45+,46+,47-,48+,49+,51+,52-/m1/s1. The number of carbonyl (C=O) groups is 1. The number of hydrogen-bond acceptors (Lipinski definition) is 2. The summed E-state index contributed by atoms with van der Waals surface area (Å²) in [6.45, 7) is 14.9. The topological polar surface area (TPSA) is 26.3 Å². The molecule has 0 aromatic carbocycles. The molecule has 0 amide bonds. The molecule has 306 valence electrons. The van der Waals surface area contributed by atoms with Crippen LogP contribution in [-0.4, -0.2) is 12.1 Å². The van der Waals surface area contributed by atoms with Crippen molar-refractivity contribution in [2.24, 2.45) is 46.3 Å². The van der Waals surface area contributed by atoms with Gasteiger partial charge in [0.1, 0.15) is 6.10 Å². The highest BCUT2D eigenvalue weighted by Crippen LogP contribution is 2.67. The van der Waals surface area contributed by atoms with Crippen molar-refractivity contribution in [3.05, 3.63) is 11.6 Å². The van der Waals surface area contributed by atoms with E-state index in [1.807, 2.05) is 0 Å². The van der Waals surface area contributed by atoms with Crippen molar-refractivity contribution in [3.63, 3.8) is 0 Å². The average molecular weight is 743 g/mol. The Morgan fingerprint density at radius 1 is 0.722 bits per heavy atom. The van der Waals surface area contributed by atoms with E-state index in [-0.39, 0.29) is 12.1 Å². The van der Waals surface area contributed by atoms with Gasteiger partial charge in [0, 0.05) is 25.7 Å². The highest BCUT2D eigenvalue weighted by atomic mass is 16.5. The molecule has 0 aromatic rings. The maximum atomic E-state index is 12.9. The largest absolute Gasteiger partial charge is 0.462 e. The lowest BCUT2D eigenvalue weighted by Crippen LogP contribution is -2.51. The summed E-state index contributed by atoms with van der Waals surface area (Å²) in [5, 5.41) is 0. The molecule has 0 unspecified atom stereocenters. The second kappa shape index (κ2) is 24.2. The van der Waals surface area contributed by atoms with Gasteiger partial charge < -0.3 is 4.74 Å². The fourth-order valence-corrected chi connectivity index (χ4v) is 12.1. The van der Waals surface area contributed by atoms with Gasteiger partial charge in [0.05, 0.1) is 0 Å². The Morgan fingerprint density at radius 3 is 1.96 bits per heavy atom. The molecule has 0 aromatic heterocycles. The van der Waals surface area contributed by atoms with Crippen molar-refractivity contribution in [1.82, 2.24) is 0 Å². The summed E-state index contributed by atoms with van der Waals surface area (Å²) in [5.41, 5.74) is 2.50. The number of unbranched alkanes of at least 4 members (excludes halogenated alkanes) is 16. The van der Waals surface area contributed by atoms with Crippen LogP contribution < -0.4 is 0 Å². The zero-order valence-electron chi connectivity index (χ0n) is 36.6. The fraction of sp³-hybridized carbons (Fsp3) is 0.865. The molecule has 54 heavy (non-hydrogen) atoms. The Hall–Kier alpha value is -1.67. The van der Waals surface area contributed by atoms with Crippen LogP contribution in [0.5, 0.6) is 0 Å². The van der Waals surface area contributed by atoms with Crippen LogP contribution in [-0.2, 0) is 9.53 Å². The zero-order chi connectivity index (χ0) is 38.7. The Bertz CT molecular complexity index is 1240. The van der Waals surface area contributed by atoms with E-state index in [0.29, 0.717) is 17.3 Å². The summed E-state index contributed by atoms with van der Waals surface area (Å²) < 4.78 is 6.13. The quantitative estimate of drug-likeness (QED) is 0.0426. The molecular formula is C52H86O2. The van der Waals surface area contributed by atoms with E-state index in [4.69, 9.17) is 4.74 Å². The summed E-state index contributed by atoms with van der Waals surface area (Å²) in [6, 6.07) is 0. The van der Waals surface area contributed by atoms with Gasteiger partial charge in [0.2, 0.25) is 0 Å². The Morgan fingerprint density at radius 2 is 1.33 bits per heavy atom. The lowest BCUT2D eigenvalue weighted by atomic mass is 9.47. The molecular weight excluding hydrogens is 657 g/mol. The number of allylic oxidation sites excluding steroid dienone is 1. The summed E-state index contributed by atoms with van der Waals surface area (Å²) in [4.78, 5) is 12.9. The molecule has 4 aliphatic rings. The SMILES string of the molecule is CCCCCCCCCCCCC#CC#CCCCCCCCCC(=O)O[C@H]1CC[C@@]2(C)C(=CC[C@H]3[C@@H]4CC[C@H]([C@H](C)CCCC(C)C)[C@@]4(C)CC[C@@H]32)C1. The molecule has 0 N–H and O–H groups in total. The van der Waals surface area contributed by atoms with Gasteiger partial charge >= 0.3 is 5.97 Å². The molecule has 3 fully saturated rings. The maximum Gasteiger partial charge on any atom is 0.306 e. The molecule has 8 atom stereocenters. The van der Waals surface area contributed by atoms with Crippen molar-refractivity contribution in [1.29, 1.82) is 0 Å². The summed E-state index contributed by atoms with van der Waals surface area (Å²) >= 11 is 0. The predicted octanol–water partition coefficient (Wildman–Crippen LogP) is 15.4. The van der Waals surface area contributed by atoms with E-state index in [0.717, 1.165) is 80.5 Å². The van der Waals surface area contributed by atoms with Crippen LogP contribution in [0.15, 0.2) is 11.6 Å². The minimum atomic E-state index is 0.0374. The van der Waals surface area contributed by atoms with E-state index in [2.05, 4.69) is 71.3 Å².